The highest BCUT2D eigenvalue weighted by atomic mass is 79.9. The van der Waals surface area contributed by atoms with Gasteiger partial charge in [-0.25, -0.2) is 4.98 Å². The molecule has 1 rings (SSSR count). The molecular formula is C7H4BrClF3N. The smallest absolute Gasteiger partial charge is 0.244 e. The Morgan fingerprint density at radius 3 is 2.54 bits per heavy atom. The van der Waals surface area contributed by atoms with Gasteiger partial charge in [0.2, 0.25) is 0 Å². The van der Waals surface area contributed by atoms with Gasteiger partial charge in [-0.1, -0.05) is 27.5 Å². The number of halogens is 5. The molecule has 1 nitrogen and oxygen atoms in total. The highest BCUT2D eigenvalue weighted by molar-refractivity contribution is 9.08. The molecule has 0 N–H and O–H groups in total. The van der Waals surface area contributed by atoms with Gasteiger partial charge in [0.25, 0.3) is 0 Å². The summed E-state index contributed by atoms with van der Waals surface area (Å²) in [6, 6.07) is 0.818. The first-order valence-electron chi connectivity index (χ1n) is 3.22. The second-order valence-corrected chi connectivity index (χ2v) is 3.24. The molecule has 0 bridgehead atoms. The second kappa shape index (κ2) is 3.84. The van der Waals surface area contributed by atoms with Crippen LogP contribution in [0.15, 0.2) is 12.3 Å². The van der Waals surface area contributed by atoms with E-state index in [9.17, 15) is 13.2 Å². The topological polar surface area (TPSA) is 12.9 Å². The van der Waals surface area contributed by atoms with Crippen LogP contribution < -0.4 is 0 Å². The first-order valence-corrected chi connectivity index (χ1v) is 4.72. The molecule has 13 heavy (non-hydrogen) atoms. The summed E-state index contributed by atoms with van der Waals surface area (Å²) in [5.41, 5.74) is -0.665. The van der Waals surface area contributed by atoms with Crippen molar-refractivity contribution in [2.75, 3.05) is 0 Å². The molecule has 0 aliphatic rings. The van der Waals surface area contributed by atoms with Crippen LogP contribution in [0.2, 0.25) is 5.15 Å². The van der Waals surface area contributed by atoms with Crippen molar-refractivity contribution >= 4 is 27.5 Å². The molecule has 6 heteroatoms. The SMILES string of the molecule is FC(F)(F)c1cc(Cl)ncc1CBr. The minimum atomic E-state index is -4.38. The fourth-order valence-corrected chi connectivity index (χ4v) is 1.43. The predicted octanol–water partition coefficient (Wildman–Crippen LogP) is 3.65. The average Bonchev–Trinajstić information content (AvgIpc) is 2.03. The van der Waals surface area contributed by atoms with Gasteiger partial charge in [0, 0.05) is 11.5 Å². The summed E-state index contributed by atoms with van der Waals surface area (Å²) in [7, 11) is 0. The molecule has 0 aliphatic carbocycles. The third kappa shape index (κ3) is 2.57. The molecule has 1 heterocycles. The van der Waals surface area contributed by atoms with Crippen LogP contribution in [0, 0.1) is 0 Å². The second-order valence-electron chi connectivity index (χ2n) is 2.30. The molecular weight excluding hydrogens is 270 g/mol. The summed E-state index contributed by atoms with van der Waals surface area (Å²) < 4.78 is 36.9. The monoisotopic (exact) mass is 273 g/mol. The molecule has 0 aliphatic heterocycles. The highest BCUT2D eigenvalue weighted by Crippen LogP contribution is 2.33. The maximum atomic E-state index is 12.3. The summed E-state index contributed by atoms with van der Waals surface area (Å²) in [5, 5.41) is -0.0523. The van der Waals surface area contributed by atoms with E-state index in [1.165, 1.54) is 0 Å². The Kier molecular flexibility index (Phi) is 3.18. The molecule has 0 saturated carbocycles. The third-order valence-electron chi connectivity index (χ3n) is 1.40. The van der Waals surface area contributed by atoms with Gasteiger partial charge in [-0.15, -0.1) is 0 Å². The van der Waals surface area contributed by atoms with E-state index in [2.05, 4.69) is 20.9 Å². The molecule has 0 amide bonds. The van der Waals surface area contributed by atoms with E-state index in [1.807, 2.05) is 0 Å². The number of aromatic nitrogens is 1. The zero-order valence-corrected chi connectivity index (χ0v) is 8.54. The predicted molar refractivity (Wildman–Crippen MR) is 46.9 cm³/mol. The van der Waals surface area contributed by atoms with E-state index >= 15 is 0 Å². The van der Waals surface area contributed by atoms with E-state index in [-0.39, 0.29) is 16.0 Å². The molecule has 0 unspecified atom stereocenters. The number of nitrogens with zero attached hydrogens (tertiary/aromatic N) is 1. The molecule has 1 aromatic rings. The van der Waals surface area contributed by atoms with Gasteiger partial charge in [-0.3, -0.25) is 0 Å². The normalized spacial score (nSPS) is 11.8. The lowest BCUT2D eigenvalue weighted by Gasteiger charge is -2.10. The highest BCUT2D eigenvalue weighted by Gasteiger charge is 2.33. The lowest BCUT2D eigenvalue weighted by atomic mass is 10.1. The van der Waals surface area contributed by atoms with Crippen molar-refractivity contribution in [1.29, 1.82) is 0 Å². The van der Waals surface area contributed by atoms with Crippen molar-refractivity contribution in [2.45, 2.75) is 11.5 Å². The van der Waals surface area contributed by atoms with Crippen LogP contribution >= 0.6 is 27.5 Å². The van der Waals surface area contributed by atoms with Crippen LogP contribution in [-0.4, -0.2) is 4.98 Å². The van der Waals surface area contributed by atoms with Gasteiger partial charge in [-0.2, -0.15) is 13.2 Å². The molecule has 0 spiro atoms. The van der Waals surface area contributed by atoms with Gasteiger partial charge < -0.3 is 0 Å². The minimum absolute atomic E-state index is 0.0805. The van der Waals surface area contributed by atoms with Crippen LogP contribution in [0.5, 0.6) is 0 Å². The van der Waals surface area contributed by atoms with Gasteiger partial charge in [0.05, 0.1) is 5.56 Å². The summed E-state index contributed by atoms with van der Waals surface area (Å²) >= 11 is 8.30. The number of alkyl halides is 4. The van der Waals surface area contributed by atoms with E-state index in [1.54, 1.807) is 0 Å². The zero-order valence-electron chi connectivity index (χ0n) is 6.20. The van der Waals surface area contributed by atoms with Crippen LogP contribution in [-0.2, 0) is 11.5 Å². The van der Waals surface area contributed by atoms with Crippen LogP contribution in [0.1, 0.15) is 11.1 Å². The molecule has 0 radical (unpaired) electrons. The fraction of sp³-hybridized carbons (Fsp3) is 0.286. The molecule has 0 atom stereocenters. The molecule has 72 valence electrons. The standard InChI is InChI=1S/C7H4BrClF3N/c8-2-4-3-13-6(9)1-5(4)7(10,11)12/h1,3H,2H2. The van der Waals surface area contributed by atoms with Crippen molar-refractivity contribution in [3.05, 3.63) is 28.5 Å². The van der Waals surface area contributed by atoms with Crippen molar-refractivity contribution in [3.63, 3.8) is 0 Å². The third-order valence-corrected chi connectivity index (χ3v) is 2.21. The number of rotatable bonds is 1. The maximum absolute atomic E-state index is 12.3. The Bertz CT molecular complexity index is 313. The maximum Gasteiger partial charge on any atom is 0.416 e. The number of hydrogen-bond acceptors (Lipinski definition) is 1. The van der Waals surface area contributed by atoms with Crippen molar-refractivity contribution < 1.29 is 13.2 Å². The Morgan fingerprint density at radius 2 is 2.08 bits per heavy atom. The number of pyridine rings is 1. The Labute approximate surface area is 86.0 Å². The van der Waals surface area contributed by atoms with E-state index in [4.69, 9.17) is 11.6 Å². The molecule has 0 fully saturated rings. The molecule has 1 aromatic heterocycles. The van der Waals surface area contributed by atoms with E-state index in [0.29, 0.717) is 0 Å². The van der Waals surface area contributed by atoms with Gasteiger partial charge in [-0.05, 0) is 11.6 Å². The first-order chi connectivity index (χ1) is 5.95. The molecule has 0 aromatic carbocycles. The van der Waals surface area contributed by atoms with Gasteiger partial charge >= 0.3 is 6.18 Å². The summed E-state index contributed by atoms with van der Waals surface area (Å²) in [4.78, 5) is 3.56. The minimum Gasteiger partial charge on any atom is -0.244 e. The Morgan fingerprint density at radius 1 is 1.46 bits per heavy atom. The van der Waals surface area contributed by atoms with E-state index < -0.39 is 11.7 Å². The first kappa shape index (κ1) is 10.8. The van der Waals surface area contributed by atoms with Crippen LogP contribution in [0.3, 0.4) is 0 Å². The lowest BCUT2D eigenvalue weighted by molar-refractivity contribution is -0.138. The molecule has 0 saturated heterocycles. The van der Waals surface area contributed by atoms with E-state index in [0.717, 1.165) is 12.3 Å². The fourth-order valence-electron chi connectivity index (χ4n) is 0.829. The van der Waals surface area contributed by atoms with Gasteiger partial charge in [0.15, 0.2) is 0 Å². The zero-order chi connectivity index (χ0) is 10.1. The average molecular weight is 274 g/mol. The number of hydrogen-bond donors (Lipinski definition) is 0. The van der Waals surface area contributed by atoms with Crippen LogP contribution in [0.25, 0.3) is 0 Å². The quantitative estimate of drug-likeness (QED) is 0.563. The Balaban J connectivity index is 3.24. The van der Waals surface area contributed by atoms with Crippen molar-refractivity contribution in [3.8, 4) is 0 Å². The summed E-state index contributed by atoms with van der Waals surface area (Å²) in [6.07, 6.45) is -3.27. The van der Waals surface area contributed by atoms with Crippen molar-refractivity contribution in [1.82, 2.24) is 4.98 Å². The lowest BCUT2D eigenvalue weighted by Crippen LogP contribution is -2.08. The van der Waals surface area contributed by atoms with Gasteiger partial charge in [0.1, 0.15) is 5.15 Å². The summed E-state index contributed by atoms with van der Waals surface area (Å²) in [6.45, 7) is 0. The largest absolute Gasteiger partial charge is 0.416 e. The Hall–Kier alpha value is -0.290. The van der Waals surface area contributed by atoms with Crippen LogP contribution in [0.4, 0.5) is 13.2 Å². The summed E-state index contributed by atoms with van der Waals surface area (Å²) in [5.74, 6) is 0. The van der Waals surface area contributed by atoms with Crippen molar-refractivity contribution in [2.24, 2.45) is 0 Å².